The van der Waals surface area contributed by atoms with Crippen LogP contribution in [-0.4, -0.2) is 56.7 Å². The van der Waals surface area contributed by atoms with Crippen molar-refractivity contribution in [3.63, 3.8) is 0 Å². The molecule has 0 bridgehead atoms. The van der Waals surface area contributed by atoms with Crippen LogP contribution in [-0.2, 0) is 9.22 Å². The zero-order chi connectivity index (χ0) is 21.6. The molecule has 162 valence electrons. The monoisotopic (exact) mass is 410 g/mol. The van der Waals surface area contributed by atoms with Crippen molar-refractivity contribution in [2.24, 2.45) is 0 Å². The molecule has 1 N–H and O–H groups in total. The largest absolute Gasteiger partial charge is 0.411 e. The van der Waals surface area contributed by atoms with E-state index >= 15 is 0 Å². The van der Waals surface area contributed by atoms with Crippen molar-refractivity contribution < 1.29 is 18.8 Å². The lowest BCUT2D eigenvalue weighted by Gasteiger charge is -2.39. The number of carbonyl (C=O) groups is 1. The summed E-state index contributed by atoms with van der Waals surface area (Å²) in [5.74, 6) is 0.277. The number of hydrogen-bond acceptors (Lipinski definition) is 3. The van der Waals surface area contributed by atoms with Gasteiger partial charge in [-0.05, 0) is 43.5 Å². The summed E-state index contributed by atoms with van der Waals surface area (Å²) in [6, 6.07) is 0.0452. The van der Waals surface area contributed by atoms with E-state index in [9.17, 15) is 9.90 Å². The Balaban J connectivity index is 3.11. The van der Waals surface area contributed by atoms with E-state index in [0.717, 1.165) is 37.7 Å². The first kappa shape index (κ1) is 25.3. The van der Waals surface area contributed by atoms with Gasteiger partial charge in [-0.25, -0.2) is 4.79 Å². The van der Waals surface area contributed by atoms with E-state index in [1.165, 1.54) is 0 Å². The number of likely N-dealkylation sites (N-methyl/N-ethyl adjacent to an activating group) is 1. The van der Waals surface area contributed by atoms with E-state index in [0.29, 0.717) is 10.9 Å². The van der Waals surface area contributed by atoms with Gasteiger partial charge in [0.2, 0.25) is 0 Å². The van der Waals surface area contributed by atoms with Gasteiger partial charge >= 0.3 is 5.91 Å². The van der Waals surface area contributed by atoms with Crippen LogP contribution in [0.4, 0.5) is 0 Å². The lowest BCUT2D eigenvalue weighted by atomic mass is 9.98. The number of quaternary nitrogens is 1. The third-order valence-corrected chi connectivity index (χ3v) is 11.2. The van der Waals surface area contributed by atoms with E-state index in [2.05, 4.69) is 46.0 Å². The highest BCUT2D eigenvalue weighted by atomic mass is 28.4. The number of carbonyl (C=O) groups excluding carboxylic acids is 1. The molecule has 1 aliphatic heterocycles. The molecule has 0 spiro atoms. The smallest absolute Gasteiger partial charge is 0.313 e. The summed E-state index contributed by atoms with van der Waals surface area (Å²) in [5, 5.41) is 9.55. The molecule has 0 aromatic carbocycles. The quantitative estimate of drug-likeness (QED) is 0.394. The van der Waals surface area contributed by atoms with Crippen molar-refractivity contribution in [1.82, 2.24) is 0 Å². The standard InChI is InChI=1S/C23H44NO3Si/c1-19(17-18-25)21-15-12-14-20(27-28(7,8)23(2,3)4)13-10-9-11-16-22(26)24(21,5)6/h12,14,17,20-21,25H,9-11,13,15-16,18H2,1-8H3/q+1/b14-12+,19-17+/t20?,21-/m0/s1. The molecule has 0 saturated heterocycles. The Kier molecular flexibility index (Phi) is 9.33. The molecule has 2 atom stereocenters. The average Bonchev–Trinajstić information content (AvgIpc) is 2.55. The summed E-state index contributed by atoms with van der Waals surface area (Å²) in [6.07, 6.45) is 11.9. The second kappa shape index (κ2) is 10.3. The topological polar surface area (TPSA) is 46.5 Å². The number of aliphatic hydroxyl groups excluding tert-OH is 1. The van der Waals surface area contributed by atoms with E-state index in [1.807, 2.05) is 27.1 Å². The summed E-state index contributed by atoms with van der Waals surface area (Å²) in [6.45, 7) is 13.5. The number of hydrogen-bond donors (Lipinski definition) is 1. The fourth-order valence-corrected chi connectivity index (χ4v) is 4.91. The van der Waals surface area contributed by atoms with E-state index in [4.69, 9.17) is 4.43 Å². The highest BCUT2D eigenvalue weighted by Gasteiger charge is 2.39. The van der Waals surface area contributed by atoms with Gasteiger partial charge in [0.05, 0.1) is 33.2 Å². The van der Waals surface area contributed by atoms with Gasteiger partial charge in [0.25, 0.3) is 0 Å². The molecule has 1 heterocycles. The Morgan fingerprint density at radius 2 is 1.93 bits per heavy atom. The molecule has 0 aliphatic carbocycles. The van der Waals surface area contributed by atoms with Crippen molar-refractivity contribution in [2.45, 2.75) is 96.5 Å². The minimum Gasteiger partial charge on any atom is -0.411 e. The Morgan fingerprint density at radius 1 is 1.29 bits per heavy atom. The van der Waals surface area contributed by atoms with Gasteiger partial charge in [-0.15, -0.1) is 0 Å². The zero-order valence-electron chi connectivity index (χ0n) is 19.5. The van der Waals surface area contributed by atoms with Gasteiger partial charge in [-0.2, -0.15) is 0 Å². The Labute approximate surface area is 174 Å². The van der Waals surface area contributed by atoms with Crippen LogP contribution < -0.4 is 0 Å². The Morgan fingerprint density at radius 3 is 2.50 bits per heavy atom. The highest BCUT2D eigenvalue weighted by Crippen LogP contribution is 2.38. The van der Waals surface area contributed by atoms with Gasteiger partial charge < -0.3 is 9.53 Å². The van der Waals surface area contributed by atoms with Crippen molar-refractivity contribution in [3.8, 4) is 0 Å². The first-order chi connectivity index (χ1) is 12.8. The average molecular weight is 411 g/mol. The SMILES string of the molecule is C/C(=C\CO)[C@@H]1C/C=C/C(O[Si](C)(C)C(C)(C)C)CCCCCC(=O)[N+]1(C)C. The van der Waals surface area contributed by atoms with Crippen LogP contribution in [0.3, 0.4) is 0 Å². The summed E-state index contributed by atoms with van der Waals surface area (Å²) < 4.78 is 7.02. The molecule has 5 heteroatoms. The van der Waals surface area contributed by atoms with E-state index in [1.54, 1.807) is 0 Å². The first-order valence-corrected chi connectivity index (χ1v) is 13.7. The summed E-state index contributed by atoms with van der Waals surface area (Å²) in [4.78, 5) is 12.9. The minimum atomic E-state index is -1.83. The molecular formula is C23H44NO3Si+. The van der Waals surface area contributed by atoms with Crippen molar-refractivity contribution >= 4 is 14.2 Å². The minimum absolute atomic E-state index is 0.0113. The fraction of sp³-hybridized carbons (Fsp3) is 0.783. The predicted octanol–water partition coefficient (Wildman–Crippen LogP) is 5.20. The second-order valence-corrected chi connectivity index (χ2v) is 15.0. The third-order valence-electron chi connectivity index (χ3n) is 6.70. The maximum absolute atomic E-state index is 12.9. The van der Waals surface area contributed by atoms with E-state index < -0.39 is 8.32 Å². The van der Waals surface area contributed by atoms with Crippen LogP contribution in [0.2, 0.25) is 18.1 Å². The van der Waals surface area contributed by atoms with E-state index in [-0.39, 0.29) is 29.7 Å². The maximum atomic E-state index is 12.9. The van der Waals surface area contributed by atoms with Crippen LogP contribution in [0.1, 0.15) is 66.2 Å². The van der Waals surface area contributed by atoms with Crippen molar-refractivity contribution in [2.75, 3.05) is 20.7 Å². The van der Waals surface area contributed by atoms with Crippen molar-refractivity contribution in [1.29, 1.82) is 0 Å². The van der Waals surface area contributed by atoms with Crippen LogP contribution >= 0.6 is 0 Å². The van der Waals surface area contributed by atoms with Gasteiger partial charge in [-0.1, -0.05) is 51.8 Å². The Hall–Kier alpha value is -0.753. The van der Waals surface area contributed by atoms with Crippen LogP contribution in [0, 0.1) is 0 Å². The van der Waals surface area contributed by atoms with Gasteiger partial charge in [-0.3, -0.25) is 4.48 Å². The molecule has 0 aromatic rings. The number of amides is 1. The first-order valence-electron chi connectivity index (χ1n) is 10.8. The molecule has 1 unspecified atom stereocenters. The maximum Gasteiger partial charge on any atom is 0.313 e. The summed E-state index contributed by atoms with van der Waals surface area (Å²) in [5.41, 5.74) is 1.07. The normalized spacial score (nSPS) is 27.0. The molecule has 1 aliphatic rings. The number of nitrogens with zero attached hydrogens (tertiary/aromatic N) is 1. The highest BCUT2D eigenvalue weighted by molar-refractivity contribution is 6.74. The lowest BCUT2D eigenvalue weighted by Crippen LogP contribution is -2.53. The third kappa shape index (κ3) is 6.94. The zero-order valence-corrected chi connectivity index (χ0v) is 20.5. The number of aliphatic hydroxyl groups is 1. The molecule has 4 nitrogen and oxygen atoms in total. The lowest BCUT2D eigenvalue weighted by molar-refractivity contribution is -0.834. The summed E-state index contributed by atoms with van der Waals surface area (Å²) in [7, 11) is 2.18. The molecule has 0 saturated carbocycles. The number of rotatable bonds is 4. The molecule has 1 amide bonds. The molecule has 0 aromatic heterocycles. The van der Waals surface area contributed by atoms with Gasteiger partial charge in [0.15, 0.2) is 8.32 Å². The molecule has 0 fully saturated rings. The predicted molar refractivity (Wildman–Crippen MR) is 121 cm³/mol. The molecule has 0 radical (unpaired) electrons. The van der Waals surface area contributed by atoms with Gasteiger partial charge in [0.1, 0.15) is 6.04 Å². The van der Waals surface area contributed by atoms with Crippen LogP contribution in [0.5, 0.6) is 0 Å². The summed E-state index contributed by atoms with van der Waals surface area (Å²) >= 11 is 0. The molecular weight excluding hydrogens is 366 g/mol. The second-order valence-electron chi connectivity index (χ2n) is 10.3. The fourth-order valence-electron chi connectivity index (χ4n) is 3.61. The molecule has 28 heavy (non-hydrogen) atoms. The molecule has 1 rings (SSSR count). The Bertz CT molecular complexity index is 573. The van der Waals surface area contributed by atoms with Crippen LogP contribution in [0.15, 0.2) is 23.8 Å². The van der Waals surface area contributed by atoms with Crippen molar-refractivity contribution in [3.05, 3.63) is 23.8 Å². The van der Waals surface area contributed by atoms with Crippen LogP contribution in [0.25, 0.3) is 0 Å². The van der Waals surface area contributed by atoms with Gasteiger partial charge in [0, 0.05) is 6.42 Å².